The number of aliphatic hydroxyl groups excluding tert-OH is 1. The number of aromatic nitrogens is 2. The molecular formula is C16H24N4O2S. The minimum atomic E-state index is -0.296. The van der Waals surface area contributed by atoms with E-state index in [4.69, 9.17) is 0 Å². The van der Waals surface area contributed by atoms with E-state index in [2.05, 4.69) is 21.7 Å². The number of nitrogens with zero attached hydrogens (tertiary/aromatic N) is 4. The lowest BCUT2D eigenvalue weighted by Gasteiger charge is -2.40. The van der Waals surface area contributed by atoms with Crippen molar-refractivity contribution in [1.29, 1.82) is 0 Å². The molecule has 23 heavy (non-hydrogen) atoms. The fraction of sp³-hybridized carbons (Fsp3) is 0.625. The minimum Gasteiger partial charge on any atom is -0.392 e. The molecule has 1 aliphatic rings. The van der Waals surface area contributed by atoms with E-state index in [0.717, 1.165) is 42.5 Å². The summed E-state index contributed by atoms with van der Waals surface area (Å²) in [5.41, 5.74) is 1.78. The summed E-state index contributed by atoms with van der Waals surface area (Å²) in [6.07, 6.45) is -0.296. The quantitative estimate of drug-likeness (QED) is 0.901. The van der Waals surface area contributed by atoms with Gasteiger partial charge < -0.3 is 5.11 Å². The summed E-state index contributed by atoms with van der Waals surface area (Å²) in [5.74, 6) is 0. The van der Waals surface area contributed by atoms with Gasteiger partial charge in [0.15, 0.2) is 4.96 Å². The van der Waals surface area contributed by atoms with Crippen LogP contribution in [0.3, 0.4) is 0 Å². The first-order valence-corrected chi connectivity index (χ1v) is 8.93. The Morgan fingerprint density at radius 3 is 2.96 bits per heavy atom. The van der Waals surface area contributed by atoms with Crippen LogP contribution in [-0.2, 0) is 6.54 Å². The van der Waals surface area contributed by atoms with Gasteiger partial charge >= 0.3 is 0 Å². The third kappa shape index (κ3) is 3.63. The molecule has 7 heteroatoms. The van der Waals surface area contributed by atoms with E-state index >= 15 is 0 Å². The Labute approximate surface area is 140 Å². The minimum absolute atomic E-state index is 0.00420. The molecule has 0 radical (unpaired) electrons. The molecule has 1 N–H and O–H groups in total. The molecule has 0 aliphatic carbocycles. The van der Waals surface area contributed by atoms with E-state index < -0.39 is 0 Å². The third-order valence-corrected chi connectivity index (χ3v) is 5.31. The number of fused-ring (bicyclic) bond motifs is 1. The average Bonchev–Trinajstić information content (AvgIpc) is 2.83. The summed E-state index contributed by atoms with van der Waals surface area (Å²) in [7, 11) is 0. The first-order valence-electron chi connectivity index (χ1n) is 8.05. The van der Waals surface area contributed by atoms with Gasteiger partial charge in [0.1, 0.15) is 0 Å². The van der Waals surface area contributed by atoms with Crippen LogP contribution in [0.5, 0.6) is 0 Å². The Morgan fingerprint density at radius 1 is 1.48 bits per heavy atom. The first kappa shape index (κ1) is 16.6. The highest BCUT2D eigenvalue weighted by atomic mass is 32.1. The van der Waals surface area contributed by atoms with Crippen molar-refractivity contribution in [3.05, 3.63) is 33.2 Å². The van der Waals surface area contributed by atoms with Crippen molar-refractivity contribution in [2.45, 2.75) is 39.5 Å². The summed E-state index contributed by atoms with van der Waals surface area (Å²) >= 11 is 1.51. The van der Waals surface area contributed by atoms with Crippen LogP contribution in [0.2, 0.25) is 0 Å². The van der Waals surface area contributed by atoms with Crippen LogP contribution in [0.1, 0.15) is 25.2 Å². The molecule has 0 amide bonds. The first-order chi connectivity index (χ1) is 10.9. The molecule has 2 aromatic heterocycles. The van der Waals surface area contributed by atoms with Crippen LogP contribution in [0.4, 0.5) is 0 Å². The SMILES string of the molecule is Cc1csc2nc(CN3CCN(C[C@@H](C)O)[C@H](C)C3)cc(=O)n12. The predicted molar refractivity (Wildman–Crippen MR) is 92.1 cm³/mol. The van der Waals surface area contributed by atoms with Gasteiger partial charge in [-0.25, -0.2) is 4.98 Å². The highest BCUT2D eigenvalue weighted by Gasteiger charge is 2.24. The van der Waals surface area contributed by atoms with E-state index in [0.29, 0.717) is 12.6 Å². The Kier molecular flexibility index (Phi) is 4.82. The molecule has 3 rings (SSSR count). The predicted octanol–water partition coefficient (Wildman–Crippen LogP) is 0.951. The van der Waals surface area contributed by atoms with Crippen LogP contribution in [0.25, 0.3) is 4.96 Å². The molecule has 3 heterocycles. The molecule has 0 aromatic carbocycles. The van der Waals surface area contributed by atoms with E-state index in [9.17, 15) is 9.90 Å². The Morgan fingerprint density at radius 2 is 2.26 bits per heavy atom. The number of piperazine rings is 1. The number of hydrogen-bond donors (Lipinski definition) is 1. The van der Waals surface area contributed by atoms with Gasteiger partial charge in [0, 0.05) is 55.9 Å². The zero-order chi connectivity index (χ0) is 16.6. The van der Waals surface area contributed by atoms with Gasteiger partial charge in [-0.3, -0.25) is 19.0 Å². The molecule has 2 aromatic rings. The van der Waals surface area contributed by atoms with Crippen molar-refractivity contribution in [2.24, 2.45) is 0 Å². The Bertz CT molecular complexity index is 739. The van der Waals surface area contributed by atoms with Crippen LogP contribution >= 0.6 is 11.3 Å². The maximum absolute atomic E-state index is 12.2. The molecule has 0 spiro atoms. The zero-order valence-corrected chi connectivity index (χ0v) is 14.7. The van der Waals surface area contributed by atoms with Crippen LogP contribution < -0.4 is 5.56 Å². The summed E-state index contributed by atoms with van der Waals surface area (Å²) in [6.45, 7) is 10.2. The highest BCUT2D eigenvalue weighted by molar-refractivity contribution is 7.15. The lowest BCUT2D eigenvalue weighted by molar-refractivity contribution is 0.0418. The second-order valence-corrected chi connectivity index (χ2v) is 7.35. The number of hydrogen-bond acceptors (Lipinski definition) is 6. The second-order valence-electron chi connectivity index (χ2n) is 6.51. The maximum atomic E-state index is 12.2. The van der Waals surface area contributed by atoms with E-state index in [-0.39, 0.29) is 11.7 Å². The van der Waals surface area contributed by atoms with Gasteiger partial charge in [-0.1, -0.05) is 0 Å². The summed E-state index contributed by atoms with van der Waals surface area (Å²) in [4.78, 5) is 22.3. The lowest BCUT2D eigenvalue weighted by Crippen LogP contribution is -2.53. The van der Waals surface area contributed by atoms with Crippen molar-refractivity contribution in [3.8, 4) is 0 Å². The fourth-order valence-electron chi connectivity index (χ4n) is 3.24. The Balaban J connectivity index is 1.70. The number of thiazole rings is 1. The molecule has 126 valence electrons. The molecule has 0 saturated carbocycles. The zero-order valence-electron chi connectivity index (χ0n) is 13.9. The monoisotopic (exact) mass is 336 g/mol. The number of rotatable bonds is 4. The summed E-state index contributed by atoms with van der Waals surface area (Å²) < 4.78 is 1.66. The van der Waals surface area contributed by atoms with E-state index in [1.165, 1.54) is 11.3 Å². The van der Waals surface area contributed by atoms with Gasteiger partial charge in [-0.2, -0.15) is 0 Å². The topological polar surface area (TPSA) is 61.1 Å². The average molecular weight is 336 g/mol. The van der Waals surface area contributed by atoms with Gasteiger partial charge in [0.25, 0.3) is 5.56 Å². The highest BCUT2D eigenvalue weighted by Crippen LogP contribution is 2.15. The van der Waals surface area contributed by atoms with Crippen molar-refractivity contribution < 1.29 is 5.11 Å². The van der Waals surface area contributed by atoms with Crippen molar-refractivity contribution in [1.82, 2.24) is 19.2 Å². The largest absolute Gasteiger partial charge is 0.392 e. The number of aryl methyl sites for hydroxylation is 1. The van der Waals surface area contributed by atoms with Crippen LogP contribution in [-0.4, -0.2) is 62.6 Å². The van der Waals surface area contributed by atoms with Gasteiger partial charge in [-0.15, -0.1) is 11.3 Å². The van der Waals surface area contributed by atoms with Crippen molar-refractivity contribution in [2.75, 3.05) is 26.2 Å². The van der Waals surface area contributed by atoms with E-state index in [1.807, 2.05) is 19.2 Å². The van der Waals surface area contributed by atoms with Gasteiger partial charge in [-0.05, 0) is 20.8 Å². The summed E-state index contributed by atoms with van der Waals surface area (Å²) in [5, 5.41) is 11.5. The maximum Gasteiger partial charge on any atom is 0.259 e. The second kappa shape index (κ2) is 6.68. The van der Waals surface area contributed by atoms with E-state index in [1.54, 1.807) is 10.5 Å². The molecule has 1 aliphatic heterocycles. The molecule has 6 nitrogen and oxygen atoms in total. The van der Waals surface area contributed by atoms with Crippen molar-refractivity contribution in [3.63, 3.8) is 0 Å². The summed E-state index contributed by atoms with van der Waals surface area (Å²) in [6, 6.07) is 2.05. The molecule has 2 atom stereocenters. The smallest absolute Gasteiger partial charge is 0.259 e. The Hall–Kier alpha value is -1.28. The molecule has 1 saturated heterocycles. The number of β-amino-alcohol motifs (C(OH)–C–C–N with tert-alkyl or cyclic N) is 1. The lowest BCUT2D eigenvalue weighted by atomic mass is 10.1. The standard InChI is InChI=1S/C16H24N4O2S/c1-11-7-18(4-5-19(11)8-13(3)21)9-14-6-15(22)20-12(2)10-23-16(20)17-14/h6,10-11,13,21H,4-5,7-9H2,1-3H3/t11-,13-/m1/s1. The third-order valence-electron chi connectivity index (χ3n) is 4.36. The number of aliphatic hydroxyl groups is 1. The fourth-order valence-corrected chi connectivity index (χ4v) is 4.13. The molecule has 0 unspecified atom stereocenters. The van der Waals surface area contributed by atoms with Crippen LogP contribution in [0, 0.1) is 6.92 Å². The normalized spacial score (nSPS) is 21.8. The molecule has 0 bridgehead atoms. The molecule has 1 fully saturated rings. The van der Waals surface area contributed by atoms with Gasteiger partial charge in [0.05, 0.1) is 11.8 Å². The van der Waals surface area contributed by atoms with Crippen LogP contribution in [0.15, 0.2) is 16.2 Å². The van der Waals surface area contributed by atoms with Gasteiger partial charge in [0.2, 0.25) is 0 Å². The molecular weight excluding hydrogens is 312 g/mol. The van der Waals surface area contributed by atoms with Crippen molar-refractivity contribution >= 4 is 16.3 Å².